The molecule has 5 heterocycles. The van der Waals surface area contributed by atoms with Gasteiger partial charge in [-0.2, -0.15) is 5.10 Å². The van der Waals surface area contributed by atoms with Crippen LogP contribution in [0.5, 0.6) is 11.5 Å². The summed E-state index contributed by atoms with van der Waals surface area (Å²) in [7, 11) is 1.90. The Morgan fingerprint density at radius 1 is 0.958 bits per heavy atom. The molecular formula is C55H59ClF2N8O6. The zero-order chi connectivity index (χ0) is 50.3. The number of primary amides is 1. The van der Waals surface area contributed by atoms with Crippen LogP contribution >= 0.6 is 11.6 Å². The molecule has 5 N–H and O–H groups in total. The number of aromatic nitrogens is 2. The number of rotatable bonds is 15. The minimum Gasteiger partial charge on any atom is -0.488 e. The van der Waals surface area contributed by atoms with Gasteiger partial charge in [0.05, 0.1) is 22.7 Å². The van der Waals surface area contributed by atoms with Gasteiger partial charge in [-0.3, -0.25) is 24.5 Å². The van der Waals surface area contributed by atoms with Gasteiger partial charge in [0.15, 0.2) is 23.0 Å². The van der Waals surface area contributed by atoms with Crippen molar-refractivity contribution in [3.05, 3.63) is 135 Å². The smallest absolute Gasteiger partial charge is 0.329 e. The first kappa shape index (κ1) is 49.0. The van der Waals surface area contributed by atoms with Crippen LogP contribution in [0, 0.1) is 17.6 Å². The molecule has 1 aromatic heterocycles. The van der Waals surface area contributed by atoms with Crippen LogP contribution in [0.15, 0.2) is 91.0 Å². The molecule has 10 rings (SSSR count). The zero-order valence-electron chi connectivity index (χ0n) is 40.4. The highest BCUT2D eigenvalue weighted by Gasteiger charge is 2.50. The van der Waals surface area contributed by atoms with Crippen LogP contribution in [0.4, 0.5) is 25.1 Å². The first-order valence-electron chi connectivity index (χ1n) is 24.8. The predicted octanol–water partition coefficient (Wildman–Crippen LogP) is 8.37. The number of carbonyl (C=O) groups is 3. The number of benzene rings is 5. The third-order valence-electron chi connectivity index (χ3n) is 15.3. The van der Waals surface area contributed by atoms with Gasteiger partial charge in [0, 0.05) is 92.5 Å². The summed E-state index contributed by atoms with van der Waals surface area (Å²) in [6.07, 6.45) is 4.70. The number of likely N-dealkylation sites (tertiary alicyclic amines) is 1. The molecule has 0 saturated carbocycles. The molecule has 2 unspecified atom stereocenters. The van der Waals surface area contributed by atoms with Gasteiger partial charge in [-0.05, 0) is 104 Å². The Kier molecular flexibility index (Phi) is 14.0. The van der Waals surface area contributed by atoms with Crippen molar-refractivity contribution in [3.8, 4) is 22.6 Å². The number of nitrogens with zero attached hydrogens (tertiary/aromatic N) is 5. The number of aliphatic hydroxyl groups is 1. The van der Waals surface area contributed by atoms with Crippen molar-refractivity contribution in [1.29, 1.82) is 0 Å². The first-order chi connectivity index (χ1) is 34.8. The number of hydrogen-bond donors (Lipinski definition) is 4. The van der Waals surface area contributed by atoms with Gasteiger partial charge in [0.1, 0.15) is 18.2 Å². The standard InChI is InChI=1S/C55H59ClF2N8O6/c1-33-47-45(29-42(57)50(56)49(47)48-41(52(59)69)14-15-44(51(48)58)71-27-26-67)72-55(33,38-6-4-3-5-7-38)32-60-30-34-8-11-39(12-9-34)65-23-16-35(17-24-65)31-64-21-18-36(19-22-64)37-10-13-40-43(28-37)63(2)62-53(40)66-25-20-46(68)61-54(66)70/h3-15,28-29,33,35-36,60,67H,16-27,30-32H2,1-2H3,(H2,59,69)(H,61,68,70). The van der Waals surface area contributed by atoms with Crippen LogP contribution in [0.1, 0.15) is 83.5 Å². The number of aryl methyl sites for hydroxylation is 1. The third-order valence-corrected chi connectivity index (χ3v) is 15.6. The van der Waals surface area contributed by atoms with E-state index in [-0.39, 0.29) is 65.3 Å². The molecule has 376 valence electrons. The van der Waals surface area contributed by atoms with Crippen LogP contribution in [0.2, 0.25) is 5.02 Å². The maximum absolute atomic E-state index is 16.4. The van der Waals surface area contributed by atoms with Crippen molar-refractivity contribution in [2.24, 2.45) is 18.7 Å². The van der Waals surface area contributed by atoms with Gasteiger partial charge in [0.2, 0.25) is 11.8 Å². The van der Waals surface area contributed by atoms with Crippen molar-refractivity contribution in [3.63, 3.8) is 0 Å². The lowest BCUT2D eigenvalue weighted by Gasteiger charge is -2.38. The highest BCUT2D eigenvalue weighted by atomic mass is 35.5. The Morgan fingerprint density at radius 2 is 1.71 bits per heavy atom. The number of halogens is 3. The Labute approximate surface area is 422 Å². The molecule has 0 aliphatic carbocycles. The van der Waals surface area contributed by atoms with Crippen molar-refractivity contribution in [2.75, 3.05) is 68.8 Å². The van der Waals surface area contributed by atoms with E-state index in [1.54, 1.807) is 4.90 Å². The number of nitrogens with one attached hydrogen (secondary N) is 2. The number of aliphatic hydroxyl groups excluding tert-OH is 1. The van der Waals surface area contributed by atoms with Crippen LogP contribution in [0.3, 0.4) is 0 Å². The average Bonchev–Trinajstić information content (AvgIpc) is 3.86. The first-order valence-corrected chi connectivity index (χ1v) is 25.2. The minimum atomic E-state index is -1.09. The highest BCUT2D eigenvalue weighted by molar-refractivity contribution is 6.34. The van der Waals surface area contributed by atoms with Gasteiger partial charge in [-0.25, -0.2) is 13.6 Å². The lowest BCUT2D eigenvalue weighted by Crippen LogP contribution is -2.49. The molecule has 6 aromatic rings. The van der Waals surface area contributed by atoms with E-state index in [1.807, 2.05) is 49.0 Å². The molecular weight excluding hydrogens is 942 g/mol. The van der Waals surface area contributed by atoms with Gasteiger partial charge in [-0.1, -0.05) is 67.1 Å². The van der Waals surface area contributed by atoms with E-state index in [1.165, 1.54) is 29.4 Å². The quantitative estimate of drug-likeness (QED) is 0.0785. The number of nitrogens with two attached hydrogens (primary N) is 1. The monoisotopic (exact) mass is 1000 g/mol. The van der Waals surface area contributed by atoms with Crippen LogP contribution < -0.4 is 35.6 Å². The average molecular weight is 1000 g/mol. The minimum absolute atomic E-state index is 0.0429. The lowest BCUT2D eigenvalue weighted by molar-refractivity contribution is -0.120. The molecule has 5 aromatic carbocycles. The van der Waals surface area contributed by atoms with E-state index in [0.717, 1.165) is 80.4 Å². The fourth-order valence-electron chi connectivity index (χ4n) is 11.4. The number of hydrogen-bond acceptors (Lipinski definition) is 10. The van der Waals surface area contributed by atoms with Crippen LogP contribution in [-0.4, -0.2) is 96.7 Å². The van der Waals surface area contributed by atoms with Crippen molar-refractivity contribution in [2.45, 2.75) is 63.0 Å². The Morgan fingerprint density at radius 3 is 2.42 bits per heavy atom. The Bertz CT molecular complexity index is 3010. The molecule has 4 amide bonds. The molecule has 3 saturated heterocycles. The topological polar surface area (TPSA) is 168 Å². The highest BCUT2D eigenvalue weighted by Crippen LogP contribution is 2.56. The fourth-order valence-corrected chi connectivity index (χ4v) is 11.6. The molecule has 14 nitrogen and oxygen atoms in total. The van der Waals surface area contributed by atoms with Gasteiger partial charge < -0.3 is 35.4 Å². The number of amides is 4. The van der Waals surface area contributed by atoms with Gasteiger partial charge in [-0.15, -0.1) is 0 Å². The Hall–Kier alpha value is -6.59. The van der Waals surface area contributed by atoms with Gasteiger partial charge in [0.25, 0.3) is 0 Å². The number of ether oxygens (including phenoxy) is 2. The summed E-state index contributed by atoms with van der Waals surface area (Å²) in [6, 6.07) is 28.0. The fraction of sp³-hybridized carbons (Fsp3) is 0.382. The normalized spacial score (nSPS) is 19.9. The summed E-state index contributed by atoms with van der Waals surface area (Å²) >= 11 is 6.71. The molecule has 2 atom stereocenters. The zero-order valence-corrected chi connectivity index (χ0v) is 41.2. The van der Waals surface area contributed by atoms with E-state index in [4.69, 9.17) is 26.8 Å². The summed E-state index contributed by atoms with van der Waals surface area (Å²) in [5.74, 6) is -1.94. The maximum atomic E-state index is 16.4. The lowest BCUT2D eigenvalue weighted by atomic mass is 9.77. The molecule has 0 spiro atoms. The summed E-state index contributed by atoms with van der Waals surface area (Å²) in [6.45, 7) is 7.67. The second-order valence-electron chi connectivity index (χ2n) is 19.5. The van der Waals surface area contributed by atoms with Crippen LogP contribution in [0.25, 0.3) is 22.0 Å². The van der Waals surface area contributed by atoms with E-state index in [0.29, 0.717) is 36.3 Å². The summed E-state index contributed by atoms with van der Waals surface area (Å²) < 4.78 is 46.3. The molecule has 72 heavy (non-hydrogen) atoms. The molecule has 0 bridgehead atoms. The predicted molar refractivity (Wildman–Crippen MR) is 273 cm³/mol. The van der Waals surface area contributed by atoms with Crippen molar-refractivity contribution >= 4 is 51.9 Å². The summed E-state index contributed by atoms with van der Waals surface area (Å²) in [4.78, 5) is 43.7. The largest absolute Gasteiger partial charge is 0.488 e. The third kappa shape index (κ3) is 9.36. The van der Waals surface area contributed by atoms with E-state index in [9.17, 15) is 19.5 Å². The number of anilines is 2. The van der Waals surface area contributed by atoms with Crippen molar-refractivity contribution < 1.29 is 37.7 Å². The molecule has 4 aliphatic heterocycles. The van der Waals surface area contributed by atoms with Crippen molar-refractivity contribution in [1.82, 2.24) is 25.3 Å². The van der Waals surface area contributed by atoms with Gasteiger partial charge >= 0.3 is 6.03 Å². The SMILES string of the molecule is CC1c2c(cc(F)c(Cl)c2-c2c(C(N)=O)ccc(OCCO)c2F)OC1(CNCc1ccc(N2CCC(CN3CCC(c4ccc5c(N6CCC(=O)NC6=O)nn(C)c5c4)CC3)CC2)cc1)c1ccccc1. The summed E-state index contributed by atoms with van der Waals surface area (Å²) in [5, 5.41) is 20.6. The molecule has 0 radical (unpaired) electrons. The molecule has 4 aliphatic rings. The van der Waals surface area contributed by atoms with E-state index >= 15 is 8.78 Å². The number of fused-ring (bicyclic) bond motifs is 2. The number of carbonyl (C=O) groups excluding carboxylic acids is 3. The Balaban J connectivity index is 0.752. The number of imide groups is 1. The molecule has 3 fully saturated rings. The van der Waals surface area contributed by atoms with E-state index < -0.39 is 35.1 Å². The second kappa shape index (κ2) is 20.5. The number of piperidine rings is 2. The van der Waals surface area contributed by atoms with Crippen LogP contribution in [-0.2, 0) is 24.0 Å². The summed E-state index contributed by atoms with van der Waals surface area (Å²) in [5.41, 5.74) is 9.90. The molecule has 17 heteroatoms. The maximum Gasteiger partial charge on any atom is 0.329 e. The number of urea groups is 1. The van der Waals surface area contributed by atoms with E-state index in [2.05, 4.69) is 68.0 Å². The second-order valence-corrected chi connectivity index (χ2v) is 19.9.